The Bertz CT molecular complexity index is 442. The molecule has 0 fully saturated rings. The molecule has 7 heteroatoms. The Morgan fingerprint density at radius 3 is 3.00 bits per heavy atom. The Labute approximate surface area is 98.6 Å². The SMILES string of the molecule is C[C@@H](C(=O)NC(N)=O)N1CCn2ccnc2C1. The van der Waals surface area contributed by atoms with Crippen LogP contribution in [0.5, 0.6) is 0 Å². The van der Waals surface area contributed by atoms with E-state index in [1.54, 1.807) is 13.1 Å². The number of rotatable bonds is 2. The number of nitrogens with two attached hydrogens (primary N) is 1. The highest BCUT2D eigenvalue weighted by atomic mass is 16.2. The van der Waals surface area contributed by atoms with Gasteiger partial charge in [0.2, 0.25) is 5.91 Å². The predicted octanol–water partition coefficient (Wildman–Crippen LogP) is -0.718. The fourth-order valence-electron chi connectivity index (χ4n) is 1.91. The van der Waals surface area contributed by atoms with E-state index in [2.05, 4.69) is 14.9 Å². The molecule has 1 aromatic rings. The third-order valence-electron chi connectivity index (χ3n) is 2.95. The summed E-state index contributed by atoms with van der Waals surface area (Å²) < 4.78 is 2.05. The third kappa shape index (κ3) is 2.44. The minimum atomic E-state index is -0.819. The first-order valence-electron chi connectivity index (χ1n) is 5.42. The zero-order valence-electron chi connectivity index (χ0n) is 9.59. The molecule has 3 amide bonds. The van der Waals surface area contributed by atoms with E-state index in [0.29, 0.717) is 6.54 Å². The summed E-state index contributed by atoms with van der Waals surface area (Å²) in [6.45, 7) is 3.89. The van der Waals surface area contributed by atoms with Crippen LogP contribution in [0, 0.1) is 0 Å². The van der Waals surface area contributed by atoms with E-state index in [9.17, 15) is 9.59 Å². The Morgan fingerprint density at radius 2 is 2.29 bits per heavy atom. The number of nitrogens with zero attached hydrogens (tertiary/aromatic N) is 3. The molecule has 0 saturated heterocycles. The van der Waals surface area contributed by atoms with Gasteiger partial charge in [0.1, 0.15) is 5.82 Å². The molecule has 1 aromatic heterocycles. The van der Waals surface area contributed by atoms with Gasteiger partial charge in [0.15, 0.2) is 0 Å². The fourth-order valence-corrected chi connectivity index (χ4v) is 1.91. The van der Waals surface area contributed by atoms with Crippen molar-refractivity contribution in [1.82, 2.24) is 19.8 Å². The fraction of sp³-hybridized carbons (Fsp3) is 0.500. The number of primary amides is 1. The zero-order valence-corrected chi connectivity index (χ0v) is 9.59. The molecule has 0 spiro atoms. The van der Waals surface area contributed by atoms with Crippen molar-refractivity contribution in [3.63, 3.8) is 0 Å². The van der Waals surface area contributed by atoms with Crippen LogP contribution < -0.4 is 11.1 Å². The maximum atomic E-state index is 11.6. The molecule has 0 aromatic carbocycles. The second kappa shape index (κ2) is 4.54. The molecule has 1 aliphatic heterocycles. The highest BCUT2D eigenvalue weighted by molar-refractivity contribution is 5.96. The van der Waals surface area contributed by atoms with Crippen LogP contribution >= 0.6 is 0 Å². The van der Waals surface area contributed by atoms with Crippen LogP contribution in [0.2, 0.25) is 0 Å². The van der Waals surface area contributed by atoms with Gasteiger partial charge in [-0.05, 0) is 6.92 Å². The van der Waals surface area contributed by atoms with Gasteiger partial charge < -0.3 is 10.3 Å². The van der Waals surface area contributed by atoms with Gasteiger partial charge in [-0.3, -0.25) is 15.0 Å². The summed E-state index contributed by atoms with van der Waals surface area (Å²) in [5.74, 6) is 0.549. The lowest BCUT2D eigenvalue weighted by atomic mass is 10.2. The lowest BCUT2D eigenvalue weighted by Gasteiger charge is -2.31. The van der Waals surface area contributed by atoms with E-state index < -0.39 is 12.1 Å². The standard InChI is InChI=1S/C10H15N5O2/c1-7(9(16)13-10(11)17)15-5-4-14-3-2-12-8(14)6-15/h2-3,7H,4-6H2,1H3,(H3,11,13,16,17)/t7-/m0/s1. The lowest BCUT2D eigenvalue weighted by Crippen LogP contribution is -2.50. The van der Waals surface area contributed by atoms with E-state index in [1.165, 1.54) is 0 Å². The van der Waals surface area contributed by atoms with Gasteiger partial charge in [0.25, 0.3) is 0 Å². The molecule has 92 valence electrons. The Morgan fingerprint density at radius 1 is 1.53 bits per heavy atom. The number of fused-ring (bicyclic) bond motifs is 1. The maximum absolute atomic E-state index is 11.6. The molecule has 0 radical (unpaired) electrons. The molecule has 2 rings (SSSR count). The first-order chi connectivity index (χ1) is 8.08. The average Bonchev–Trinajstić information content (AvgIpc) is 2.73. The number of imide groups is 1. The number of hydrogen-bond donors (Lipinski definition) is 2. The molecular weight excluding hydrogens is 222 g/mol. The summed E-state index contributed by atoms with van der Waals surface area (Å²) in [6, 6.07) is -1.21. The highest BCUT2D eigenvalue weighted by Gasteiger charge is 2.26. The summed E-state index contributed by atoms with van der Waals surface area (Å²) in [5, 5.41) is 2.09. The Kier molecular flexibility index (Phi) is 3.10. The Hall–Kier alpha value is -1.89. The number of urea groups is 1. The summed E-state index contributed by atoms with van der Waals surface area (Å²) in [5.41, 5.74) is 4.91. The summed E-state index contributed by atoms with van der Waals surface area (Å²) in [4.78, 5) is 28.4. The monoisotopic (exact) mass is 237 g/mol. The normalized spacial score (nSPS) is 17.2. The van der Waals surface area contributed by atoms with Gasteiger partial charge in [-0.25, -0.2) is 9.78 Å². The largest absolute Gasteiger partial charge is 0.351 e. The van der Waals surface area contributed by atoms with Gasteiger partial charge in [0, 0.05) is 25.5 Å². The molecule has 2 heterocycles. The molecule has 3 N–H and O–H groups in total. The van der Waals surface area contributed by atoms with Crippen molar-refractivity contribution in [2.45, 2.75) is 26.1 Å². The quantitative estimate of drug-likeness (QED) is 0.710. The van der Waals surface area contributed by atoms with Crippen molar-refractivity contribution >= 4 is 11.9 Å². The molecule has 0 saturated carbocycles. The first kappa shape index (κ1) is 11.6. The predicted molar refractivity (Wildman–Crippen MR) is 59.8 cm³/mol. The van der Waals surface area contributed by atoms with E-state index in [4.69, 9.17) is 5.73 Å². The minimum absolute atomic E-state index is 0.377. The van der Waals surface area contributed by atoms with Crippen LogP contribution in [0.1, 0.15) is 12.7 Å². The number of amides is 3. The second-order valence-corrected chi connectivity index (χ2v) is 4.04. The molecule has 1 atom stereocenters. The molecule has 17 heavy (non-hydrogen) atoms. The van der Waals surface area contributed by atoms with E-state index >= 15 is 0 Å². The van der Waals surface area contributed by atoms with Gasteiger partial charge in [-0.15, -0.1) is 0 Å². The van der Waals surface area contributed by atoms with Crippen molar-refractivity contribution in [3.05, 3.63) is 18.2 Å². The summed E-state index contributed by atoms with van der Waals surface area (Å²) >= 11 is 0. The second-order valence-electron chi connectivity index (χ2n) is 4.04. The van der Waals surface area contributed by atoms with Crippen LogP contribution in [0.15, 0.2) is 12.4 Å². The number of hydrogen-bond acceptors (Lipinski definition) is 4. The average molecular weight is 237 g/mol. The van der Waals surface area contributed by atoms with Crippen LogP contribution in [0.3, 0.4) is 0 Å². The van der Waals surface area contributed by atoms with Crippen molar-refractivity contribution < 1.29 is 9.59 Å². The molecule has 7 nitrogen and oxygen atoms in total. The number of nitrogens with one attached hydrogen (secondary N) is 1. The Balaban J connectivity index is 2.00. The van der Waals surface area contributed by atoms with Gasteiger partial charge >= 0.3 is 6.03 Å². The van der Waals surface area contributed by atoms with E-state index in [0.717, 1.165) is 18.9 Å². The van der Waals surface area contributed by atoms with Crippen molar-refractivity contribution in [2.24, 2.45) is 5.73 Å². The van der Waals surface area contributed by atoms with Crippen LogP contribution in [-0.4, -0.2) is 39.0 Å². The number of imidazole rings is 1. The molecular formula is C10H15N5O2. The molecule has 0 aliphatic carbocycles. The summed E-state index contributed by atoms with van der Waals surface area (Å²) in [7, 11) is 0. The van der Waals surface area contributed by atoms with E-state index in [1.807, 2.05) is 11.1 Å². The highest BCUT2D eigenvalue weighted by Crippen LogP contribution is 2.13. The van der Waals surface area contributed by atoms with Crippen LogP contribution in [0.4, 0.5) is 4.79 Å². The van der Waals surface area contributed by atoms with Crippen LogP contribution in [-0.2, 0) is 17.9 Å². The smallest absolute Gasteiger partial charge is 0.318 e. The number of aromatic nitrogens is 2. The molecule has 0 unspecified atom stereocenters. The van der Waals surface area contributed by atoms with Crippen molar-refractivity contribution in [2.75, 3.05) is 6.54 Å². The number of carbonyl (C=O) groups is 2. The molecule has 1 aliphatic rings. The van der Waals surface area contributed by atoms with Crippen molar-refractivity contribution in [3.8, 4) is 0 Å². The van der Waals surface area contributed by atoms with Gasteiger partial charge in [0.05, 0.1) is 12.6 Å². The van der Waals surface area contributed by atoms with Crippen molar-refractivity contribution in [1.29, 1.82) is 0 Å². The van der Waals surface area contributed by atoms with E-state index in [-0.39, 0.29) is 5.91 Å². The number of carbonyl (C=O) groups excluding carboxylic acids is 2. The topological polar surface area (TPSA) is 93.2 Å². The van der Waals surface area contributed by atoms with Gasteiger partial charge in [-0.1, -0.05) is 0 Å². The van der Waals surface area contributed by atoms with Crippen LogP contribution in [0.25, 0.3) is 0 Å². The zero-order chi connectivity index (χ0) is 12.4. The molecule has 0 bridgehead atoms. The lowest BCUT2D eigenvalue weighted by molar-refractivity contribution is -0.125. The third-order valence-corrected chi connectivity index (χ3v) is 2.95. The summed E-state index contributed by atoms with van der Waals surface area (Å²) in [6.07, 6.45) is 3.66. The maximum Gasteiger partial charge on any atom is 0.318 e. The first-order valence-corrected chi connectivity index (χ1v) is 5.42. The minimum Gasteiger partial charge on any atom is -0.351 e. The van der Waals surface area contributed by atoms with Gasteiger partial charge in [-0.2, -0.15) is 0 Å².